The predicted molar refractivity (Wildman–Crippen MR) is 106 cm³/mol. The third-order valence-corrected chi connectivity index (χ3v) is 4.47. The fourth-order valence-corrected chi connectivity index (χ4v) is 3.03. The third kappa shape index (κ3) is 4.57. The second kappa shape index (κ2) is 8.86. The Balaban J connectivity index is 1.86. The molecule has 5 heteroatoms. The van der Waals surface area contributed by atoms with E-state index in [1.807, 2.05) is 60.7 Å². The van der Waals surface area contributed by atoms with Gasteiger partial charge in [0, 0.05) is 6.42 Å². The minimum Gasteiger partial charge on any atom is -0.479 e. The van der Waals surface area contributed by atoms with E-state index in [1.165, 1.54) is 0 Å². The van der Waals surface area contributed by atoms with Gasteiger partial charge >= 0.3 is 12.1 Å². The minimum absolute atomic E-state index is 0.0580. The largest absolute Gasteiger partial charge is 0.479 e. The van der Waals surface area contributed by atoms with Crippen LogP contribution in [0.15, 0.2) is 91.0 Å². The van der Waals surface area contributed by atoms with Crippen molar-refractivity contribution >= 4 is 12.1 Å². The van der Waals surface area contributed by atoms with Crippen molar-refractivity contribution in [3.8, 4) is 0 Å². The van der Waals surface area contributed by atoms with Gasteiger partial charge < -0.3 is 15.2 Å². The topological polar surface area (TPSA) is 75.6 Å². The molecular weight excluding hydrogens is 354 g/mol. The number of rotatable bonds is 7. The summed E-state index contributed by atoms with van der Waals surface area (Å²) in [6.07, 6.45) is -0.695. The molecule has 28 heavy (non-hydrogen) atoms. The average molecular weight is 375 g/mol. The molecule has 0 radical (unpaired) electrons. The lowest BCUT2D eigenvalue weighted by atomic mass is 9.84. The molecule has 3 rings (SSSR count). The van der Waals surface area contributed by atoms with Gasteiger partial charge in [0.15, 0.2) is 5.54 Å². The SMILES string of the molecule is O=C(NC(Cc1ccccc1)(C(=O)O)c1ccccc1)OCc1ccccc1. The van der Waals surface area contributed by atoms with Gasteiger partial charge in [0.25, 0.3) is 0 Å². The van der Waals surface area contributed by atoms with E-state index in [-0.39, 0.29) is 13.0 Å². The molecule has 0 bridgehead atoms. The van der Waals surface area contributed by atoms with Crippen molar-refractivity contribution in [3.63, 3.8) is 0 Å². The first kappa shape index (κ1) is 19.2. The normalized spacial score (nSPS) is 12.6. The summed E-state index contributed by atoms with van der Waals surface area (Å²) in [6, 6.07) is 27.1. The lowest BCUT2D eigenvalue weighted by molar-refractivity contribution is -0.145. The van der Waals surface area contributed by atoms with E-state index in [9.17, 15) is 14.7 Å². The Morgan fingerprint density at radius 2 is 1.29 bits per heavy atom. The number of ether oxygens (including phenoxy) is 1. The molecule has 1 unspecified atom stereocenters. The number of hydrogen-bond donors (Lipinski definition) is 2. The van der Waals surface area contributed by atoms with Gasteiger partial charge in [-0.1, -0.05) is 91.0 Å². The molecule has 0 aliphatic carbocycles. The van der Waals surface area contributed by atoms with E-state index in [2.05, 4.69) is 5.32 Å². The highest BCUT2D eigenvalue weighted by Gasteiger charge is 2.42. The first-order chi connectivity index (χ1) is 13.6. The molecule has 0 fully saturated rings. The van der Waals surface area contributed by atoms with E-state index in [1.54, 1.807) is 30.3 Å². The van der Waals surface area contributed by atoms with Crippen LogP contribution < -0.4 is 5.32 Å². The third-order valence-electron chi connectivity index (χ3n) is 4.47. The number of carbonyl (C=O) groups is 2. The maximum absolute atomic E-state index is 12.5. The summed E-state index contributed by atoms with van der Waals surface area (Å²) >= 11 is 0. The fourth-order valence-electron chi connectivity index (χ4n) is 3.03. The Hall–Kier alpha value is -3.60. The maximum Gasteiger partial charge on any atom is 0.408 e. The average Bonchev–Trinajstić information content (AvgIpc) is 2.74. The number of hydrogen-bond acceptors (Lipinski definition) is 3. The van der Waals surface area contributed by atoms with Crippen LogP contribution in [-0.2, 0) is 28.1 Å². The Morgan fingerprint density at radius 3 is 1.82 bits per heavy atom. The van der Waals surface area contributed by atoms with Gasteiger partial charge in [-0.25, -0.2) is 9.59 Å². The zero-order valence-corrected chi connectivity index (χ0v) is 15.2. The van der Waals surface area contributed by atoms with Crippen LogP contribution in [-0.4, -0.2) is 17.2 Å². The number of nitrogens with one attached hydrogen (secondary N) is 1. The molecule has 5 nitrogen and oxygen atoms in total. The lowest BCUT2D eigenvalue weighted by Gasteiger charge is -2.31. The number of carboxylic acids is 1. The number of amides is 1. The van der Waals surface area contributed by atoms with Crippen molar-refractivity contribution in [2.45, 2.75) is 18.6 Å². The van der Waals surface area contributed by atoms with E-state index in [0.717, 1.165) is 11.1 Å². The van der Waals surface area contributed by atoms with Crippen LogP contribution in [0.2, 0.25) is 0 Å². The maximum atomic E-state index is 12.5. The van der Waals surface area contributed by atoms with Crippen molar-refractivity contribution < 1.29 is 19.4 Å². The van der Waals surface area contributed by atoms with Crippen LogP contribution in [0.1, 0.15) is 16.7 Å². The van der Waals surface area contributed by atoms with Gasteiger partial charge in [0.05, 0.1) is 0 Å². The molecule has 2 N–H and O–H groups in total. The van der Waals surface area contributed by atoms with Gasteiger partial charge in [-0.3, -0.25) is 0 Å². The minimum atomic E-state index is -1.64. The van der Waals surface area contributed by atoms with Gasteiger partial charge in [-0.2, -0.15) is 0 Å². The van der Waals surface area contributed by atoms with Crippen LogP contribution in [0, 0.1) is 0 Å². The van der Waals surface area contributed by atoms with Crippen LogP contribution in [0.4, 0.5) is 4.79 Å². The number of aliphatic carboxylic acids is 1. The summed E-state index contributed by atoms with van der Waals surface area (Å²) in [5.41, 5.74) is 0.442. The Labute approximate surface area is 163 Å². The number of carbonyl (C=O) groups excluding carboxylic acids is 1. The second-order valence-corrected chi connectivity index (χ2v) is 6.43. The highest BCUT2D eigenvalue weighted by Crippen LogP contribution is 2.27. The van der Waals surface area contributed by atoms with Crippen LogP contribution in [0.25, 0.3) is 0 Å². The van der Waals surface area contributed by atoms with Gasteiger partial charge in [0.1, 0.15) is 6.61 Å². The summed E-state index contributed by atoms with van der Waals surface area (Å²) in [4.78, 5) is 24.9. The van der Waals surface area contributed by atoms with E-state index in [0.29, 0.717) is 5.56 Å². The molecule has 3 aromatic rings. The van der Waals surface area contributed by atoms with E-state index in [4.69, 9.17) is 4.74 Å². The second-order valence-electron chi connectivity index (χ2n) is 6.43. The summed E-state index contributed by atoms with van der Waals surface area (Å²) in [6.45, 7) is 0.0580. The van der Waals surface area contributed by atoms with Crippen molar-refractivity contribution in [2.75, 3.05) is 0 Å². The first-order valence-corrected chi connectivity index (χ1v) is 8.92. The Morgan fingerprint density at radius 1 is 0.786 bits per heavy atom. The Bertz CT molecular complexity index is 913. The summed E-state index contributed by atoms with van der Waals surface area (Å²) in [7, 11) is 0. The van der Waals surface area contributed by atoms with Crippen LogP contribution in [0.3, 0.4) is 0 Å². The molecule has 3 aromatic carbocycles. The quantitative estimate of drug-likeness (QED) is 0.651. The molecule has 0 saturated carbocycles. The zero-order chi connectivity index (χ0) is 19.8. The zero-order valence-electron chi connectivity index (χ0n) is 15.2. The van der Waals surface area contributed by atoms with Gasteiger partial charge in [-0.15, -0.1) is 0 Å². The Kier molecular flexibility index (Phi) is 6.07. The molecule has 1 atom stereocenters. The molecule has 0 aliphatic rings. The molecule has 142 valence electrons. The van der Waals surface area contributed by atoms with Crippen molar-refractivity contribution in [3.05, 3.63) is 108 Å². The van der Waals surface area contributed by atoms with Crippen molar-refractivity contribution in [2.24, 2.45) is 0 Å². The van der Waals surface area contributed by atoms with Crippen LogP contribution >= 0.6 is 0 Å². The smallest absolute Gasteiger partial charge is 0.408 e. The van der Waals surface area contributed by atoms with Gasteiger partial charge in [0.2, 0.25) is 0 Å². The van der Waals surface area contributed by atoms with E-state index >= 15 is 0 Å². The first-order valence-electron chi connectivity index (χ1n) is 8.92. The summed E-state index contributed by atoms with van der Waals surface area (Å²) < 4.78 is 5.28. The number of carboxylic acid groups (broad SMARTS) is 1. The number of benzene rings is 3. The number of alkyl carbamates (subject to hydrolysis) is 1. The van der Waals surface area contributed by atoms with Crippen LogP contribution in [0.5, 0.6) is 0 Å². The highest BCUT2D eigenvalue weighted by atomic mass is 16.5. The standard InChI is InChI=1S/C23H21NO4/c25-21(26)23(20-14-8-3-9-15-20,16-18-10-4-1-5-11-18)24-22(27)28-17-19-12-6-2-7-13-19/h1-15H,16-17H2,(H,24,27)(H,25,26). The van der Waals surface area contributed by atoms with Gasteiger partial charge in [-0.05, 0) is 16.7 Å². The molecule has 0 heterocycles. The van der Waals surface area contributed by atoms with Crippen molar-refractivity contribution in [1.82, 2.24) is 5.32 Å². The molecule has 0 spiro atoms. The summed E-state index contributed by atoms with van der Waals surface area (Å²) in [5, 5.41) is 12.7. The van der Waals surface area contributed by atoms with Crippen molar-refractivity contribution in [1.29, 1.82) is 0 Å². The molecule has 0 saturated heterocycles. The van der Waals surface area contributed by atoms with E-state index < -0.39 is 17.6 Å². The molecular formula is C23H21NO4. The lowest BCUT2D eigenvalue weighted by Crippen LogP contribution is -2.53. The monoisotopic (exact) mass is 375 g/mol. The molecule has 0 aromatic heterocycles. The molecule has 1 amide bonds. The predicted octanol–water partition coefficient (Wildman–Crippen LogP) is 4.14. The highest BCUT2D eigenvalue weighted by molar-refractivity contribution is 5.86. The fraction of sp³-hybridized carbons (Fsp3) is 0.130. The molecule has 0 aliphatic heterocycles. The summed E-state index contributed by atoms with van der Waals surface area (Å²) in [5.74, 6) is -1.15.